The van der Waals surface area contributed by atoms with E-state index in [1.165, 1.54) is 0 Å². The van der Waals surface area contributed by atoms with E-state index in [0.717, 1.165) is 11.1 Å². The van der Waals surface area contributed by atoms with Crippen LogP contribution >= 0.6 is 0 Å². The smallest absolute Gasteiger partial charge is 0.240 e. The Morgan fingerprint density at radius 1 is 1.28 bits per heavy atom. The maximum absolute atomic E-state index is 12.1. The van der Waals surface area contributed by atoms with Crippen LogP contribution in [0.2, 0.25) is 0 Å². The first-order valence-electron chi connectivity index (χ1n) is 5.95. The minimum absolute atomic E-state index is 0.0888. The molecular formula is C13H22N2O2S. The van der Waals surface area contributed by atoms with Gasteiger partial charge < -0.3 is 5.73 Å². The summed E-state index contributed by atoms with van der Waals surface area (Å²) >= 11 is 0. The Morgan fingerprint density at radius 2 is 1.89 bits per heavy atom. The first-order valence-corrected chi connectivity index (χ1v) is 7.43. The van der Waals surface area contributed by atoms with Gasteiger partial charge in [-0.3, -0.25) is 0 Å². The molecule has 0 unspecified atom stereocenters. The number of hydrogen-bond acceptors (Lipinski definition) is 3. The topological polar surface area (TPSA) is 72.2 Å². The predicted octanol–water partition coefficient (Wildman–Crippen LogP) is 1.78. The van der Waals surface area contributed by atoms with Gasteiger partial charge in [-0.2, -0.15) is 0 Å². The number of nitrogens with two attached hydrogens (primary N) is 1. The van der Waals surface area contributed by atoms with Gasteiger partial charge in [-0.1, -0.05) is 26.8 Å². The second-order valence-corrected chi connectivity index (χ2v) is 7.44. The highest BCUT2D eigenvalue weighted by Gasteiger charge is 2.18. The van der Waals surface area contributed by atoms with E-state index in [9.17, 15) is 8.42 Å². The monoisotopic (exact) mass is 270 g/mol. The van der Waals surface area contributed by atoms with Crippen LogP contribution in [0.1, 0.15) is 31.9 Å². The van der Waals surface area contributed by atoms with Crippen molar-refractivity contribution >= 4 is 10.0 Å². The highest BCUT2D eigenvalue weighted by molar-refractivity contribution is 7.89. The number of aryl methyl sites for hydroxylation is 1. The highest BCUT2D eigenvalue weighted by Crippen LogP contribution is 2.17. The van der Waals surface area contributed by atoms with Crippen LogP contribution in [0.3, 0.4) is 0 Å². The van der Waals surface area contributed by atoms with Gasteiger partial charge in [0.15, 0.2) is 0 Å². The van der Waals surface area contributed by atoms with Crippen molar-refractivity contribution in [3.63, 3.8) is 0 Å². The summed E-state index contributed by atoms with van der Waals surface area (Å²) < 4.78 is 26.8. The van der Waals surface area contributed by atoms with E-state index in [1.54, 1.807) is 18.2 Å². The molecule has 0 heterocycles. The largest absolute Gasteiger partial charge is 0.326 e. The fraction of sp³-hybridized carbons (Fsp3) is 0.538. The fourth-order valence-electron chi connectivity index (χ4n) is 1.43. The molecule has 0 atom stereocenters. The molecule has 0 aromatic heterocycles. The second kappa shape index (κ2) is 5.38. The van der Waals surface area contributed by atoms with Crippen LogP contribution in [-0.2, 0) is 16.6 Å². The minimum atomic E-state index is -3.45. The van der Waals surface area contributed by atoms with Crippen LogP contribution < -0.4 is 10.5 Å². The molecule has 1 rings (SSSR count). The molecule has 102 valence electrons. The molecule has 0 saturated carbocycles. The van der Waals surface area contributed by atoms with Gasteiger partial charge in [0.2, 0.25) is 10.0 Å². The van der Waals surface area contributed by atoms with E-state index >= 15 is 0 Å². The molecule has 4 nitrogen and oxygen atoms in total. The molecule has 3 N–H and O–H groups in total. The third-order valence-corrected chi connectivity index (χ3v) is 4.04. The molecule has 0 aliphatic rings. The van der Waals surface area contributed by atoms with Crippen molar-refractivity contribution < 1.29 is 8.42 Å². The zero-order valence-electron chi connectivity index (χ0n) is 11.4. The number of benzene rings is 1. The third-order valence-electron chi connectivity index (χ3n) is 2.64. The Labute approximate surface area is 110 Å². The minimum Gasteiger partial charge on any atom is -0.326 e. The van der Waals surface area contributed by atoms with Gasteiger partial charge in [0.1, 0.15) is 0 Å². The van der Waals surface area contributed by atoms with Crippen LogP contribution in [-0.4, -0.2) is 15.0 Å². The molecule has 1 aromatic rings. The van der Waals surface area contributed by atoms with E-state index in [0.29, 0.717) is 13.1 Å². The standard InChI is InChI=1S/C13H22N2O2S/c1-10-5-6-12(7-11(10)8-14)18(16,17)15-9-13(2,3)4/h5-7,15H,8-9,14H2,1-4H3. The lowest BCUT2D eigenvalue weighted by Gasteiger charge is -2.19. The lowest BCUT2D eigenvalue weighted by Crippen LogP contribution is -2.32. The summed E-state index contributed by atoms with van der Waals surface area (Å²) in [6.07, 6.45) is 0. The van der Waals surface area contributed by atoms with Gasteiger partial charge >= 0.3 is 0 Å². The van der Waals surface area contributed by atoms with Crippen molar-refractivity contribution in [2.75, 3.05) is 6.54 Å². The number of rotatable bonds is 4. The summed E-state index contributed by atoms with van der Waals surface area (Å²) in [6, 6.07) is 5.04. The zero-order chi connectivity index (χ0) is 14.0. The average molecular weight is 270 g/mol. The van der Waals surface area contributed by atoms with Gasteiger partial charge in [0.05, 0.1) is 4.90 Å². The Kier molecular flexibility index (Phi) is 4.53. The molecule has 18 heavy (non-hydrogen) atoms. The molecule has 1 aromatic carbocycles. The molecule has 0 amide bonds. The SMILES string of the molecule is Cc1ccc(S(=O)(=O)NCC(C)(C)C)cc1CN. The van der Waals surface area contributed by atoms with Crippen LogP contribution in [0.4, 0.5) is 0 Å². The van der Waals surface area contributed by atoms with E-state index in [2.05, 4.69) is 4.72 Å². The average Bonchev–Trinajstić information content (AvgIpc) is 2.26. The van der Waals surface area contributed by atoms with E-state index in [4.69, 9.17) is 5.73 Å². The quantitative estimate of drug-likeness (QED) is 0.876. The Morgan fingerprint density at radius 3 is 2.39 bits per heavy atom. The Balaban J connectivity index is 2.99. The highest BCUT2D eigenvalue weighted by atomic mass is 32.2. The molecule has 0 saturated heterocycles. The maximum Gasteiger partial charge on any atom is 0.240 e. The van der Waals surface area contributed by atoms with Gasteiger partial charge in [-0.05, 0) is 35.6 Å². The summed E-state index contributed by atoms with van der Waals surface area (Å²) in [6.45, 7) is 8.61. The van der Waals surface area contributed by atoms with Gasteiger partial charge in [0.25, 0.3) is 0 Å². The lowest BCUT2D eigenvalue weighted by atomic mass is 9.98. The summed E-state index contributed by atoms with van der Waals surface area (Å²) in [7, 11) is -3.45. The van der Waals surface area contributed by atoms with Crippen LogP contribution in [0, 0.1) is 12.3 Å². The first-order chi connectivity index (χ1) is 8.15. The first kappa shape index (κ1) is 15.1. The molecule has 0 aliphatic heterocycles. The molecule has 0 spiro atoms. The molecular weight excluding hydrogens is 248 g/mol. The summed E-state index contributed by atoms with van der Waals surface area (Å²) in [5, 5.41) is 0. The van der Waals surface area contributed by atoms with Crippen LogP contribution in [0.15, 0.2) is 23.1 Å². The fourth-order valence-corrected chi connectivity index (χ4v) is 2.76. The number of hydrogen-bond donors (Lipinski definition) is 2. The molecule has 0 fully saturated rings. The van der Waals surface area contributed by atoms with Crippen molar-refractivity contribution in [1.29, 1.82) is 0 Å². The lowest BCUT2D eigenvalue weighted by molar-refractivity contribution is 0.407. The second-order valence-electron chi connectivity index (χ2n) is 5.68. The van der Waals surface area contributed by atoms with Crippen LogP contribution in [0.25, 0.3) is 0 Å². The van der Waals surface area contributed by atoms with Gasteiger partial charge in [-0.15, -0.1) is 0 Å². The summed E-state index contributed by atoms with van der Waals surface area (Å²) in [5.41, 5.74) is 7.36. The maximum atomic E-state index is 12.1. The van der Waals surface area contributed by atoms with Gasteiger partial charge in [-0.25, -0.2) is 13.1 Å². The molecule has 0 aliphatic carbocycles. The van der Waals surface area contributed by atoms with E-state index in [1.807, 2.05) is 27.7 Å². The predicted molar refractivity (Wildman–Crippen MR) is 73.7 cm³/mol. The number of nitrogens with one attached hydrogen (secondary N) is 1. The van der Waals surface area contributed by atoms with Crippen LogP contribution in [0.5, 0.6) is 0 Å². The number of sulfonamides is 1. The zero-order valence-corrected chi connectivity index (χ0v) is 12.3. The van der Waals surface area contributed by atoms with Crippen molar-refractivity contribution in [3.8, 4) is 0 Å². The Hall–Kier alpha value is -0.910. The molecule has 0 bridgehead atoms. The van der Waals surface area contributed by atoms with E-state index in [-0.39, 0.29) is 10.3 Å². The van der Waals surface area contributed by atoms with Gasteiger partial charge in [0, 0.05) is 13.1 Å². The summed E-state index contributed by atoms with van der Waals surface area (Å²) in [5.74, 6) is 0. The normalized spacial score (nSPS) is 12.7. The van der Waals surface area contributed by atoms with Crippen molar-refractivity contribution in [2.45, 2.75) is 39.1 Å². The Bertz CT molecular complexity index is 516. The van der Waals surface area contributed by atoms with Crippen molar-refractivity contribution in [1.82, 2.24) is 4.72 Å². The van der Waals surface area contributed by atoms with Crippen molar-refractivity contribution in [2.24, 2.45) is 11.1 Å². The molecule has 5 heteroatoms. The third kappa shape index (κ3) is 4.08. The molecule has 0 radical (unpaired) electrons. The van der Waals surface area contributed by atoms with E-state index < -0.39 is 10.0 Å². The summed E-state index contributed by atoms with van der Waals surface area (Å²) in [4.78, 5) is 0.276. The van der Waals surface area contributed by atoms with Crippen molar-refractivity contribution in [3.05, 3.63) is 29.3 Å².